The van der Waals surface area contributed by atoms with E-state index < -0.39 is 0 Å². The number of amides is 1. The van der Waals surface area contributed by atoms with E-state index in [4.69, 9.17) is 0 Å². The largest absolute Gasteiger partial charge is 0.350 e. The van der Waals surface area contributed by atoms with Gasteiger partial charge in [-0.15, -0.1) is 16.4 Å². The Hall–Kier alpha value is -2.74. The van der Waals surface area contributed by atoms with Crippen LogP contribution in [0.4, 0.5) is 4.39 Å². The van der Waals surface area contributed by atoms with Crippen molar-refractivity contribution in [1.29, 1.82) is 0 Å². The SMILES string of the molecule is O=C(NCCn1nc(-c2cccs2)n(C2CC2)c1=O)c1ccc(F)cc1. The van der Waals surface area contributed by atoms with Gasteiger partial charge in [0.15, 0.2) is 5.82 Å². The van der Waals surface area contributed by atoms with Crippen LogP contribution < -0.4 is 11.0 Å². The van der Waals surface area contributed by atoms with Gasteiger partial charge in [-0.1, -0.05) is 6.07 Å². The van der Waals surface area contributed by atoms with E-state index in [9.17, 15) is 14.0 Å². The minimum atomic E-state index is -0.389. The topological polar surface area (TPSA) is 68.9 Å². The smallest absolute Gasteiger partial charge is 0.346 e. The normalized spacial score (nSPS) is 13.7. The van der Waals surface area contributed by atoms with Crippen molar-refractivity contribution in [1.82, 2.24) is 19.7 Å². The zero-order valence-electron chi connectivity index (χ0n) is 13.9. The molecule has 4 rings (SSSR count). The molecular formula is C18H17FN4O2S. The molecule has 2 aromatic heterocycles. The van der Waals surface area contributed by atoms with E-state index in [2.05, 4.69) is 10.4 Å². The van der Waals surface area contributed by atoms with Gasteiger partial charge in [-0.05, 0) is 48.6 Å². The van der Waals surface area contributed by atoms with Crippen molar-refractivity contribution >= 4 is 17.2 Å². The zero-order chi connectivity index (χ0) is 18.1. The van der Waals surface area contributed by atoms with Gasteiger partial charge in [0.05, 0.1) is 11.4 Å². The maximum atomic E-state index is 12.9. The lowest BCUT2D eigenvalue weighted by Crippen LogP contribution is -2.32. The maximum absolute atomic E-state index is 12.9. The van der Waals surface area contributed by atoms with Gasteiger partial charge >= 0.3 is 5.69 Å². The zero-order valence-corrected chi connectivity index (χ0v) is 14.7. The van der Waals surface area contributed by atoms with E-state index in [1.807, 2.05) is 17.5 Å². The molecule has 0 bridgehead atoms. The van der Waals surface area contributed by atoms with Crippen molar-refractivity contribution in [3.05, 3.63) is 63.6 Å². The third-order valence-electron chi connectivity index (χ3n) is 4.24. The standard InChI is InChI=1S/C18H17FN4O2S/c19-13-5-3-12(4-6-13)17(24)20-9-10-22-18(25)23(14-7-8-14)16(21-22)15-2-1-11-26-15/h1-6,11,14H,7-10H2,(H,20,24). The Bertz CT molecular complexity index is 972. The Labute approximate surface area is 152 Å². The van der Waals surface area contributed by atoms with E-state index in [0.717, 1.165) is 17.7 Å². The van der Waals surface area contributed by atoms with Crippen LogP contribution in [0.2, 0.25) is 0 Å². The second kappa shape index (κ2) is 6.87. The number of nitrogens with zero attached hydrogens (tertiary/aromatic N) is 3. The van der Waals surface area contributed by atoms with Gasteiger partial charge in [0, 0.05) is 18.2 Å². The van der Waals surface area contributed by atoms with Crippen molar-refractivity contribution < 1.29 is 9.18 Å². The first-order chi connectivity index (χ1) is 12.6. The molecule has 0 saturated heterocycles. The first kappa shape index (κ1) is 16.7. The third kappa shape index (κ3) is 3.32. The van der Waals surface area contributed by atoms with E-state index >= 15 is 0 Å². The summed E-state index contributed by atoms with van der Waals surface area (Å²) in [6.45, 7) is 0.547. The molecule has 1 aliphatic rings. The number of aromatic nitrogens is 3. The second-order valence-corrected chi connectivity index (χ2v) is 7.12. The molecular weight excluding hydrogens is 355 g/mol. The molecule has 6 nitrogen and oxygen atoms in total. The van der Waals surface area contributed by atoms with Crippen LogP contribution in [-0.4, -0.2) is 26.8 Å². The van der Waals surface area contributed by atoms with E-state index in [1.54, 1.807) is 15.9 Å². The van der Waals surface area contributed by atoms with Crippen LogP contribution in [0, 0.1) is 5.82 Å². The summed E-state index contributed by atoms with van der Waals surface area (Å²) < 4.78 is 16.1. The van der Waals surface area contributed by atoms with Crippen molar-refractivity contribution in [2.24, 2.45) is 0 Å². The molecule has 1 aromatic carbocycles. The summed E-state index contributed by atoms with van der Waals surface area (Å²) in [7, 11) is 0. The molecule has 3 aromatic rings. The highest BCUT2D eigenvalue weighted by Crippen LogP contribution is 2.37. The summed E-state index contributed by atoms with van der Waals surface area (Å²) >= 11 is 1.55. The van der Waals surface area contributed by atoms with E-state index in [0.29, 0.717) is 11.4 Å². The number of thiophene rings is 1. The molecule has 134 valence electrons. The molecule has 2 heterocycles. The molecule has 1 saturated carbocycles. The summed E-state index contributed by atoms with van der Waals surface area (Å²) in [6, 6.07) is 9.44. The minimum Gasteiger partial charge on any atom is -0.350 e. The Morgan fingerprint density at radius 2 is 2.04 bits per heavy atom. The van der Waals surface area contributed by atoms with Crippen LogP contribution in [0.3, 0.4) is 0 Å². The van der Waals surface area contributed by atoms with Crippen LogP contribution in [-0.2, 0) is 6.54 Å². The Morgan fingerprint density at radius 3 is 2.69 bits per heavy atom. The van der Waals surface area contributed by atoms with Crippen LogP contribution in [0.25, 0.3) is 10.7 Å². The van der Waals surface area contributed by atoms with Gasteiger partial charge in [0.2, 0.25) is 0 Å². The molecule has 1 amide bonds. The highest BCUT2D eigenvalue weighted by molar-refractivity contribution is 7.13. The lowest BCUT2D eigenvalue weighted by atomic mass is 10.2. The number of rotatable bonds is 6. The average Bonchev–Trinajstić information content (AvgIpc) is 3.21. The number of benzene rings is 1. The van der Waals surface area contributed by atoms with Gasteiger partial charge in [-0.2, -0.15) is 0 Å². The van der Waals surface area contributed by atoms with Crippen molar-refractivity contribution in [3.8, 4) is 10.7 Å². The van der Waals surface area contributed by atoms with E-state index in [-0.39, 0.29) is 36.5 Å². The molecule has 0 unspecified atom stereocenters. The van der Waals surface area contributed by atoms with Crippen molar-refractivity contribution in [2.45, 2.75) is 25.4 Å². The molecule has 1 N–H and O–H groups in total. The first-order valence-corrected chi connectivity index (χ1v) is 9.28. The van der Waals surface area contributed by atoms with Gasteiger partial charge in [0.25, 0.3) is 5.91 Å². The van der Waals surface area contributed by atoms with Gasteiger partial charge in [0.1, 0.15) is 5.82 Å². The van der Waals surface area contributed by atoms with Gasteiger partial charge < -0.3 is 5.32 Å². The fraction of sp³-hybridized carbons (Fsp3) is 0.278. The molecule has 26 heavy (non-hydrogen) atoms. The molecule has 0 spiro atoms. The lowest BCUT2D eigenvalue weighted by molar-refractivity contribution is 0.0951. The predicted octanol–water partition coefficient (Wildman–Crippen LogP) is 2.68. The van der Waals surface area contributed by atoms with Crippen LogP contribution in [0.15, 0.2) is 46.6 Å². The Balaban J connectivity index is 1.47. The second-order valence-electron chi connectivity index (χ2n) is 6.17. The number of carbonyl (C=O) groups is 1. The number of nitrogens with one attached hydrogen (secondary N) is 1. The summed E-state index contributed by atoms with van der Waals surface area (Å²) in [5, 5.41) is 9.16. The maximum Gasteiger partial charge on any atom is 0.346 e. The molecule has 8 heteroatoms. The third-order valence-corrected chi connectivity index (χ3v) is 5.11. The number of hydrogen-bond donors (Lipinski definition) is 1. The van der Waals surface area contributed by atoms with Crippen molar-refractivity contribution in [2.75, 3.05) is 6.54 Å². The summed E-state index contributed by atoms with van der Waals surface area (Å²) in [5.41, 5.74) is 0.230. The predicted molar refractivity (Wildman–Crippen MR) is 96.8 cm³/mol. The van der Waals surface area contributed by atoms with Gasteiger partial charge in [-0.25, -0.2) is 13.9 Å². The molecule has 0 radical (unpaired) electrons. The molecule has 1 fully saturated rings. The Morgan fingerprint density at radius 1 is 1.27 bits per heavy atom. The molecule has 1 aliphatic carbocycles. The summed E-state index contributed by atoms with van der Waals surface area (Å²) in [4.78, 5) is 25.7. The van der Waals surface area contributed by atoms with Crippen LogP contribution in [0.1, 0.15) is 29.2 Å². The Kier molecular flexibility index (Phi) is 4.42. The quantitative estimate of drug-likeness (QED) is 0.723. The fourth-order valence-corrected chi connectivity index (χ4v) is 3.49. The number of carbonyl (C=O) groups excluding carboxylic acids is 1. The van der Waals surface area contributed by atoms with Crippen LogP contribution in [0.5, 0.6) is 0 Å². The summed E-state index contributed by atoms with van der Waals surface area (Å²) in [6.07, 6.45) is 1.98. The van der Waals surface area contributed by atoms with Crippen LogP contribution >= 0.6 is 11.3 Å². The van der Waals surface area contributed by atoms with Crippen molar-refractivity contribution in [3.63, 3.8) is 0 Å². The molecule has 0 aliphatic heterocycles. The van der Waals surface area contributed by atoms with Gasteiger partial charge in [-0.3, -0.25) is 9.36 Å². The monoisotopic (exact) mass is 372 g/mol. The minimum absolute atomic E-state index is 0.146. The van der Waals surface area contributed by atoms with E-state index in [1.165, 1.54) is 28.9 Å². The highest BCUT2D eigenvalue weighted by Gasteiger charge is 2.30. The number of hydrogen-bond acceptors (Lipinski definition) is 4. The fourth-order valence-electron chi connectivity index (χ4n) is 2.78. The first-order valence-electron chi connectivity index (χ1n) is 8.40. The lowest BCUT2D eigenvalue weighted by Gasteiger charge is -2.04. The summed E-state index contributed by atoms with van der Waals surface area (Å²) in [5.74, 6) is -0.00431. The number of halogens is 1. The average molecular weight is 372 g/mol. The molecule has 0 atom stereocenters. The highest BCUT2D eigenvalue weighted by atomic mass is 32.1.